The average Bonchev–Trinajstić information content (AvgIpc) is 3.06. The van der Waals surface area contributed by atoms with Crippen LogP contribution in [0.5, 0.6) is 0 Å². The van der Waals surface area contributed by atoms with Gasteiger partial charge in [-0.25, -0.2) is 0 Å². The van der Waals surface area contributed by atoms with E-state index >= 15 is 0 Å². The van der Waals surface area contributed by atoms with Crippen LogP contribution in [-0.2, 0) is 11.2 Å². The zero-order chi connectivity index (χ0) is 16.4. The lowest BCUT2D eigenvalue weighted by Crippen LogP contribution is -2.28. The topological polar surface area (TPSA) is 55.1 Å². The van der Waals surface area contributed by atoms with Gasteiger partial charge in [-0.1, -0.05) is 18.2 Å². The zero-order valence-electron chi connectivity index (χ0n) is 13.6. The Hall–Kier alpha value is -2.62. The molecule has 0 saturated heterocycles. The summed E-state index contributed by atoms with van der Waals surface area (Å²) in [5, 5.41) is 4.07. The molecule has 0 aliphatic rings. The van der Waals surface area contributed by atoms with E-state index < -0.39 is 0 Å². The van der Waals surface area contributed by atoms with E-state index in [1.54, 1.807) is 6.26 Å². The van der Waals surface area contributed by atoms with Crippen molar-refractivity contribution >= 4 is 16.8 Å². The summed E-state index contributed by atoms with van der Waals surface area (Å²) in [7, 11) is 0. The highest BCUT2D eigenvalue weighted by Crippen LogP contribution is 2.23. The Kier molecular flexibility index (Phi) is 4.15. The van der Waals surface area contributed by atoms with Crippen molar-refractivity contribution in [2.75, 3.05) is 0 Å². The number of para-hydroxylation sites is 1. The van der Waals surface area contributed by atoms with E-state index in [-0.39, 0.29) is 11.9 Å². The number of pyridine rings is 1. The molecule has 118 valence electrons. The fourth-order valence-corrected chi connectivity index (χ4v) is 2.89. The van der Waals surface area contributed by atoms with Crippen LogP contribution in [-0.4, -0.2) is 10.9 Å². The van der Waals surface area contributed by atoms with Gasteiger partial charge in [0.25, 0.3) is 0 Å². The molecule has 0 aliphatic carbocycles. The normalized spacial score (nSPS) is 12.3. The van der Waals surface area contributed by atoms with E-state index in [1.165, 1.54) is 0 Å². The number of hydrogen-bond acceptors (Lipinski definition) is 3. The SMILES string of the molecule is Cc1nc2ccccc2c(C)c1CC(=O)N[C@H](C)c1ccco1. The van der Waals surface area contributed by atoms with Crippen molar-refractivity contribution in [1.82, 2.24) is 10.3 Å². The molecule has 1 amide bonds. The van der Waals surface area contributed by atoms with Gasteiger partial charge in [0, 0.05) is 11.1 Å². The molecule has 4 nitrogen and oxygen atoms in total. The molecule has 4 heteroatoms. The van der Waals surface area contributed by atoms with Crippen LogP contribution in [0.15, 0.2) is 47.1 Å². The number of carbonyl (C=O) groups is 1. The number of aryl methyl sites for hydroxylation is 2. The summed E-state index contributed by atoms with van der Waals surface area (Å²) in [6, 6.07) is 11.5. The van der Waals surface area contributed by atoms with Crippen molar-refractivity contribution in [1.29, 1.82) is 0 Å². The fraction of sp³-hybridized carbons (Fsp3) is 0.263. The molecule has 0 aliphatic heterocycles. The number of aromatic nitrogens is 1. The predicted molar refractivity (Wildman–Crippen MR) is 90.2 cm³/mol. The van der Waals surface area contributed by atoms with Crippen LogP contribution >= 0.6 is 0 Å². The highest BCUT2D eigenvalue weighted by molar-refractivity contribution is 5.86. The number of hydrogen-bond donors (Lipinski definition) is 1. The highest BCUT2D eigenvalue weighted by atomic mass is 16.3. The molecule has 2 heterocycles. The molecule has 1 aromatic carbocycles. The summed E-state index contributed by atoms with van der Waals surface area (Å²) in [6.07, 6.45) is 1.93. The van der Waals surface area contributed by atoms with Crippen molar-refractivity contribution in [3.63, 3.8) is 0 Å². The largest absolute Gasteiger partial charge is 0.467 e. The molecule has 1 atom stereocenters. The molecule has 0 fully saturated rings. The second-order valence-electron chi connectivity index (χ2n) is 5.80. The molecule has 0 unspecified atom stereocenters. The Bertz CT molecular complexity index is 838. The zero-order valence-corrected chi connectivity index (χ0v) is 13.6. The van der Waals surface area contributed by atoms with Crippen molar-refractivity contribution in [2.24, 2.45) is 0 Å². The van der Waals surface area contributed by atoms with E-state index in [0.29, 0.717) is 6.42 Å². The van der Waals surface area contributed by atoms with Gasteiger partial charge in [0.2, 0.25) is 5.91 Å². The monoisotopic (exact) mass is 308 g/mol. The maximum absolute atomic E-state index is 12.4. The van der Waals surface area contributed by atoms with Crippen LogP contribution in [0.25, 0.3) is 10.9 Å². The number of furan rings is 1. The van der Waals surface area contributed by atoms with Crippen molar-refractivity contribution in [3.8, 4) is 0 Å². The molecule has 0 bridgehead atoms. The van der Waals surface area contributed by atoms with Crippen LogP contribution in [0.1, 0.15) is 35.5 Å². The fourth-order valence-electron chi connectivity index (χ4n) is 2.89. The first-order valence-electron chi connectivity index (χ1n) is 7.74. The lowest BCUT2D eigenvalue weighted by molar-refractivity contribution is -0.121. The molecule has 1 N–H and O–H groups in total. The number of benzene rings is 1. The van der Waals surface area contributed by atoms with Crippen LogP contribution in [0.3, 0.4) is 0 Å². The van der Waals surface area contributed by atoms with E-state index in [1.807, 2.05) is 50.2 Å². The van der Waals surface area contributed by atoms with Crippen molar-refractivity contribution in [2.45, 2.75) is 33.2 Å². The van der Waals surface area contributed by atoms with Gasteiger partial charge in [-0.05, 0) is 50.1 Å². The second-order valence-corrected chi connectivity index (χ2v) is 5.80. The van der Waals surface area contributed by atoms with E-state index in [4.69, 9.17) is 4.42 Å². The van der Waals surface area contributed by atoms with Crippen LogP contribution in [0.4, 0.5) is 0 Å². The predicted octanol–water partition coefficient (Wildman–Crippen LogP) is 3.86. The van der Waals surface area contributed by atoms with Crippen molar-refractivity contribution in [3.05, 3.63) is 65.2 Å². The standard InChI is InChI=1S/C19H20N2O2/c1-12-15-7-4-5-8-17(15)20-13(2)16(12)11-19(22)21-14(3)18-9-6-10-23-18/h4-10,14H,11H2,1-3H3,(H,21,22)/t14-/m1/s1. The van der Waals surface area contributed by atoms with Crippen LogP contribution in [0, 0.1) is 13.8 Å². The summed E-state index contributed by atoms with van der Waals surface area (Å²) < 4.78 is 5.32. The minimum absolute atomic E-state index is 0.0304. The summed E-state index contributed by atoms with van der Waals surface area (Å²) in [6.45, 7) is 5.92. The maximum atomic E-state index is 12.4. The van der Waals surface area contributed by atoms with E-state index in [0.717, 1.165) is 33.5 Å². The molecular formula is C19H20N2O2. The maximum Gasteiger partial charge on any atom is 0.225 e. The first-order valence-corrected chi connectivity index (χ1v) is 7.74. The van der Waals surface area contributed by atoms with Crippen LogP contribution in [0.2, 0.25) is 0 Å². The van der Waals surface area contributed by atoms with Gasteiger partial charge in [-0.3, -0.25) is 9.78 Å². The molecular weight excluding hydrogens is 288 g/mol. The Morgan fingerprint density at radius 2 is 2.00 bits per heavy atom. The lowest BCUT2D eigenvalue weighted by Gasteiger charge is -2.15. The van der Waals surface area contributed by atoms with Gasteiger partial charge >= 0.3 is 0 Å². The number of nitrogens with zero attached hydrogens (tertiary/aromatic N) is 1. The molecule has 0 saturated carbocycles. The third-order valence-electron chi connectivity index (χ3n) is 4.17. The Morgan fingerprint density at radius 1 is 1.22 bits per heavy atom. The minimum atomic E-state index is -0.147. The summed E-state index contributed by atoms with van der Waals surface area (Å²) >= 11 is 0. The number of fused-ring (bicyclic) bond motifs is 1. The van der Waals surface area contributed by atoms with Gasteiger partial charge in [0.15, 0.2) is 0 Å². The Labute approximate surface area is 135 Å². The number of amides is 1. The number of nitrogens with one attached hydrogen (secondary N) is 1. The summed E-state index contributed by atoms with van der Waals surface area (Å²) in [5.74, 6) is 0.723. The van der Waals surface area contributed by atoms with Gasteiger partial charge < -0.3 is 9.73 Å². The first-order chi connectivity index (χ1) is 11.1. The Balaban J connectivity index is 1.82. The van der Waals surface area contributed by atoms with Gasteiger partial charge in [0.05, 0.1) is 24.2 Å². The summed E-state index contributed by atoms with van der Waals surface area (Å²) in [4.78, 5) is 17.0. The van der Waals surface area contributed by atoms with Crippen LogP contribution < -0.4 is 5.32 Å². The molecule has 0 radical (unpaired) electrons. The van der Waals surface area contributed by atoms with Gasteiger partial charge in [-0.2, -0.15) is 0 Å². The highest BCUT2D eigenvalue weighted by Gasteiger charge is 2.16. The molecule has 0 spiro atoms. The smallest absolute Gasteiger partial charge is 0.225 e. The molecule has 23 heavy (non-hydrogen) atoms. The quantitative estimate of drug-likeness (QED) is 0.796. The van der Waals surface area contributed by atoms with E-state index in [2.05, 4.69) is 17.2 Å². The second kappa shape index (κ2) is 6.24. The summed E-state index contributed by atoms with van der Waals surface area (Å²) in [5.41, 5.74) is 3.99. The first kappa shape index (κ1) is 15.3. The minimum Gasteiger partial charge on any atom is -0.467 e. The lowest BCUT2D eigenvalue weighted by atomic mass is 9.99. The van der Waals surface area contributed by atoms with Gasteiger partial charge in [-0.15, -0.1) is 0 Å². The number of rotatable bonds is 4. The average molecular weight is 308 g/mol. The third-order valence-corrected chi connectivity index (χ3v) is 4.17. The van der Waals surface area contributed by atoms with Gasteiger partial charge in [0.1, 0.15) is 5.76 Å². The molecule has 2 aromatic heterocycles. The van der Waals surface area contributed by atoms with E-state index in [9.17, 15) is 4.79 Å². The molecule has 3 aromatic rings. The molecule has 3 rings (SSSR count). The number of carbonyl (C=O) groups excluding carboxylic acids is 1. The van der Waals surface area contributed by atoms with Crippen molar-refractivity contribution < 1.29 is 9.21 Å². The Morgan fingerprint density at radius 3 is 2.74 bits per heavy atom. The third kappa shape index (κ3) is 3.11.